The number of aromatic nitrogens is 5. The highest BCUT2D eigenvalue weighted by atomic mass is 16.6. The fraction of sp³-hybridized carbons (Fsp3) is 0.263. The van der Waals surface area contributed by atoms with E-state index in [1.807, 2.05) is 41.4 Å². The molecule has 1 aliphatic rings. The van der Waals surface area contributed by atoms with Crippen molar-refractivity contribution in [2.24, 2.45) is 0 Å². The van der Waals surface area contributed by atoms with Gasteiger partial charge in [0, 0.05) is 30.4 Å². The van der Waals surface area contributed by atoms with Crippen LogP contribution < -0.4 is 4.90 Å². The molecule has 0 amide bonds. The maximum Gasteiger partial charge on any atom is 0.314 e. The van der Waals surface area contributed by atoms with E-state index in [9.17, 15) is 10.1 Å². The number of piperidine rings is 1. The molecule has 9 heteroatoms. The predicted octanol–water partition coefficient (Wildman–Crippen LogP) is 3.09. The van der Waals surface area contributed by atoms with Gasteiger partial charge in [0.05, 0.1) is 11.1 Å². The third-order valence-corrected chi connectivity index (χ3v) is 4.75. The maximum atomic E-state index is 11.4. The lowest BCUT2D eigenvalue weighted by Crippen LogP contribution is -2.32. The van der Waals surface area contributed by atoms with E-state index < -0.39 is 0 Å². The molecule has 0 aliphatic carbocycles. The molecule has 0 radical (unpaired) electrons. The Morgan fingerprint density at radius 2 is 1.89 bits per heavy atom. The van der Waals surface area contributed by atoms with Crippen molar-refractivity contribution in [3.05, 3.63) is 63.8 Å². The van der Waals surface area contributed by atoms with Crippen LogP contribution in [0, 0.1) is 17.0 Å². The van der Waals surface area contributed by atoms with Crippen molar-refractivity contribution in [3.8, 4) is 11.4 Å². The van der Waals surface area contributed by atoms with Gasteiger partial charge in [0.1, 0.15) is 0 Å². The minimum absolute atomic E-state index is 0.0837. The van der Waals surface area contributed by atoms with E-state index in [1.165, 1.54) is 10.4 Å². The van der Waals surface area contributed by atoms with Gasteiger partial charge in [-0.15, -0.1) is 15.0 Å². The number of nitrogens with zero attached hydrogens (tertiary/aromatic N) is 7. The highest BCUT2D eigenvalue weighted by molar-refractivity contribution is 5.62. The quantitative estimate of drug-likeness (QED) is 0.508. The number of tetrazole rings is 1. The van der Waals surface area contributed by atoms with Crippen molar-refractivity contribution >= 4 is 17.7 Å². The van der Waals surface area contributed by atoms with Crippen molar-refractivity contribution in [3.63, 3.8) is 0 Å². The largest absolute Gasteiger partial charge is 0.350 e. The lowest BCUT2D eigenvalue weighted by atomic mass is 10.0. The van der Waals surface area contributed by atoms with Crippen molar-refractivity contribution in [2.45, 2.75) is 19.8 Å². The highest BCUT2D eigenvalue weighted by Gasteiger charge is 2.25. The molecule has 4 rings (SSSR count). The molecule has 9 nitrogen and oxygen atoms in total. The Bertz CT molecular complexity index is 1020. The second-order valence-electron chi connectivity index (χ2n) is 6.63. The lowest BCUT2D eigenvalue weighted by molar-refractivity contribution is -0.384. The molecule has 2 aromatic heterocycles. The summed E-state index contributed by atoms with van der Waals surface area (Å²) in [6, 6.07) is 11.4. The zero-order chi connectivity index (χ0) is 19.5. The molecule has 0 atom stereocenters. The minimum Gasteiger partial charge on any atom is -0.350 e. The molecular weight excluding hydrogens is 358 g/mol. The van der Waals surface area contributed by atoms with E-state index in [-0.39, 0.29) is 10.6 Å². The first-order chi connectivity index (χ1) is 13.6. The van der Waals surface area contributed by atoms with Gasteiger partial charge in [-0.05, 0) is 36.6 Å². The molecule has 3 heterocycles. The molecule has 28 heavy (non-hydrogen) atoms. The Morgan fingerprint density at radius 3 is 2.61 bits per heavy atom. The monoisotopic (exact) mass is 377 g/mol. The van der Waals surface area contributed by atoms with Crippen LogP contribution in [-0.4, -0.2) is 43.2 Å². The summed E-state index contributed by atoms with van der Waals surface area (Å²) < 4.78 is 0. The normalized spacial score (nSPS) is 14.2. The SMILES string of the molecule is Cc1ccnc(N2CCC(=Cn3nnc(-c4ccccc4)n3)CC2)c1[N+](=O)[O-]. The number of nitro groups is 1. The van der Waals surface area contributed by atoms with E-state index in [0.29, 0.717) is 30.3 Å². The Morgan fingerprint density at radius 1 is 1.14 bits per heavy atom. The fourth-order valence-electron chi connectivity index (χ4n) is 3.27. The number of pyridine rings is 1. The van der Waals surface area contributed by atoms with Gasteiger partial charge in [0.15, 0.2) is 0 Å². The van der Waals surface area contributed by atoms with Crippen LogP contribution in [0.4, 0.5) is 11.5 Å². The average Bonchev–Trinajstić information content (AvgIpc) is 3.17. The summed E-state index contributed by atoms with van der Waals surface area (Å²) in [5.74, 6) is 1.02. The number of hydrogen-bond acceptors (Lipinski definition) is 7. The number of benzene rings is 1. The second-order valence-corrected chi connectivity index (χ2v) is 6.63. The smallest absolute Gasteiger partial charge is 0.314 e. The van der Waals surface area contributed by atoms with Gasteiger partial charge in [-0.25, -0.2) is 4.98 Å². The van der Waals surface area contributed by atoms with Gasteiger partial charge < -0.3 is 4.90 Å². The van der Waals surface area contributed by atoms with Gasteiger partial charge in [0.25, 0.3) is 0 Å². The predicted molar refractivity (Wildman–Crippen MR) is 105 cm³/mol. The Balaban J connectivity index is 1.47. The van der Waals surface area contributed by atoms with Crippen LogP contribution >= 0.6 is 0 Å². The zero-order valence-corrected chi connectivity index (χ0v) is 15.4. The summed E-state index contributed by atoms with van der Waals surface area (Å²) in [4.78, 5) is 18.8. The van der Waals surface area contributed by atoms with Gasteiger partial charge in [-0.1, -0.05) is 30.3 Å². The van der Waals surface area contributed by atoms with E-state index in [2.05, 4.69) is 20.4 Å². The minimum atomic E-state index is -0.354. The third-order valence-electron chi connectivity index (χ3n) is 4.75. The van der Waals surface area contributed by atoms with E-state index >= 15 is 0 Å². The van der Waals surface area contributed by atoms with Crippen LogP contribution in [0.5, 0.6) is 0 Å². The zero-order valence-electron chi connectivity index (χ0n) is 15.4. The molecule has 1 aromatic carbocycles. The molecule has 0 spiro atoms. The van der Waals surface area contributed by atoms with Crippen LogP contribution in [-0.2, 0) is 0 Å². The van der Waals surface area contributed by atoms with Crippen molar-refractivity contribution in [2.75, 3.05) is 18.0 Å². The molecule has 3 aromatic rings. The Labute approximate surface area is 161 Å². The van der Waals surface area contributed by atoms with Gasteiger partial charge in [0.2, 0.25) is 11.6 Å². The van der Waals surface area contributed by atoms with Crippen LogP contribution in [0.2, 0.25) is 0 Å². The Hall–Kier alpha value is -3.62. The van der Waals surface area contributed by atoms with Crippen LogP contribution in [0.1, 0.15) is 18.4 Å². The van der Waals surface area contributed by atoms with Gasteiger partial charge in [-0.2, -0.15) is 0 Å². The molecule has 0 bridgehead atoms. The number of aryl methyl sites for hydroxylation is 1. The molecule has 0 unspecified atom stereocenters. The maximum absolute atomic E-state index is 11.4. The average molecular weight is 377 g/mol. The van der Waals surface area contributed by atoms with Crippen LogP contribution in [0.3, 0.4) is 0 Å². The number of hydrogen-bond donors (Lipinski definition) is 0. The fourth-order valence-corrected chi connectivity index (χ4v) is 3.27. The molecular formula is C19H19N7O2. The third kappa shape index (κ3) is 3.59. The van der Waals surface area contributed by atoms with Crippen molar-refractivity contribution < 1.29 is 4.92 Å². The molecule has 1 fully saturated rings. The summed E-state index contributed by atoms with van der Waals surface area (Å²) in [5, 5.41) is 24.0. The first-order valence-corrected chi connectivity index (χ1v) is 9.01. The van der Waals surface area contributed by atoms with Crippen LogP contribution in [0.25, 0.3) is 17.6 Å². The van der Waals surface area contributed by atoms with Gasteiger partial charge >= 0.3 is 5.69 Å². The summed E-state index contributed by atoms with van der Waals surface area (Å²) in [7, 11) is 0. The molecule has 0 N–H and O–H groups in total. The van der Waals surface area contributed by atoms with Crippen molar-refractivity contribution in [1.29, 1.82) is 0 Å². The standard InChI is InChI=1S/C19H19N7O2/c1-14-7-10-20-19(17(14)26(27)28)24-11-8-15(9-12-24)13-25-22-18(21-23-25)16-5-3-2-4-6-16/h2-7,10,13H,8-9,11-12H2,1H3. The molecule has 142 valence electrons. The summed E-state index contributed by atoms with van der Waals surface area (Å²) in [5.41, 5.74) is 2.79. The topological polar surface area (TPSA) is 103 Å². The summed E-state index contributed by atoms with van der Waals surface area (Å²) in [6.45, 7) is 3.05. The molecule has 0 saturated carbocycles. The highest BCUT2D eigenvalue weighted by Crippen LogP contribution is 2.31. The Kier molecular flexibility index (Phi) is 4.79. The second kappa shape index (κ2) is 7.55. The summed E-state index contributed by atoms with van der Waals surface area (Å²) in [6.07, 6.45) is 5.02. The van der Waals surface area contributed by atoms with Crippen molar-refractivity contribution in [1.82, 2.24) is 25.2 Å². The number of anilines is 1. The van der Waals surface area contributed by atoms with E-state index in [1.54, 1.807) is 19.2 Å². The van der Waals surface area contributed by atoms with E-state index in [0.717, 1.165) is 18.4 Å². The summed E-state index contributed by atoms with van der Waals surface area (Å²) >= 11 is 0. The van der Waals surface area contributed by atoms with E-state index in [4.69, 9.17) is 0 Å². The lowest BCUT2D eigenvalue weighted by Gasteiger charge is -2.29. The molecule has 1 aliphatic heterocycles. The molecule has 1 saturated heterocycles. The first kappa shape index (κ1) is 17.8. The number of rotatable bonds is 4. The van der Waals surface area contributed by atoms with Gasteiger partial charge in [-0.3, -0.25) is 10.1 Å². The first-order valence-electron chi connectivity index (χ1n) is 9.01. The van der Waals surface area contributed by atoms with Crippen LogP contribution in [0.15, 0.2) is 48.2 Å².